The van der Waals surface area contributed by atoms with Gasteiger partial charge in [-0.2, -0.15) is 0 Å². The Labute approximate surface area is 128 Å². The van der Waals surface area contributed by atoms with Crippen LogP contribution in [0, 0.1) is 23.5 Å². The van der Waals surface area contributed by atoms with Crippen LogP contribution >= 0.6 is 15.9 Å². The molecule has 0 bridgehead atoms. The summed E-state index contributed by atoms with van der Waals surface area (Å²) in [6.45, 7) is 0. The van der Waals surface area contributed by atoms with Crippen molar-refractivity contribution in [3.8, 4) is 0 Å². The van der Waals surface area contributed by atoms with Gasteiger partial charge in [0, 0.05) is 16.5 Å². The lowest BCUT2D eigenvalue weighted by Crippen LogP contribution is -2.31. The van der Waals surface area contributed by atoms with Gasteiger partial charge in [0.1, 0.15) is 5.82 Å². The molecule has 1 aliphatic rings. The van der Waals surface area contributed by atoms with E-state index in [0.29, 0.717) is 25.3 Å². The highest BCUT2D eigenvalue weighted by Crippen LogP contribution is 2.32. The highest BCUT2D eigenvalue weighted by Gasteiger charge is 2.31. The van der Waals surface area contributed by atoms with Gasteiger partial charge in [-0.15, -0.1) is 0 Å². The fraction of sp³-hybridized carbons (Fsp3) is 0.429. The van der Waals surface area contributed by atoms with Crippen LogP contribution in [-0.4, -0.2) is 17.0 Å². The summed E-state index contributed by atoms with van der Waals surface area (Å²) in [6.07, 6.45) is 1.99. The number of hydrogen-bond acceptors (Lipinski definition) is 2. The number of aliphatic carboxylic acids is 1. The summed E-state index contributed by atoms with van der Waals surface area (Å²) in [5.74, 6) is -4.00. The number of benzene rings is 1. The first-order chi connectivity index (χ1) is 9.88. The summed E-state index contributed by atoms with van der Waals surface area (Å²) < 4.78 is 26.8. The van der Waals surface area contributed by atoms with Crippen LogP contribution in [0.1, 0.15) is 25.7 Å². The van der Waals surface area contributed by atoms with Crippen molar-refractivity contribution in [1.82, 2.24) is 0 Å². The molecule has 1 saturated carbocycles. The Morgan fingerprint density at radius 2 is 1.90 bits per heavy atom. The van der Waals surface area contributed by atoms with Gasteiger partial charge >= 0.3 is 5.97 Å². The summed E-state index contributed by atoms with van der Waals surface area (Å²) in [6, 6.07) is 1.74. The number of anilines is 1. The van der Waals surface area contributed by atoms with E-state index in [4.69, 9.17) is 5.11 Å². The van der Waals surface area contributed by atoms with E-state index < -0.39 is 35.3 Å². The molecule has 4 nitrogen and oxygen atoms in total. The third kappa shape index (κ3) is 3.78. The Morgan fingerprint density at radius 3 is 2.52 bits per heavy atom. The first-order valence-corrected chi connectivity index (χ1v) is 7.36. The molecule has 2 rings (SSSR count). The molecule has 0 spiro atoms. The zero-order valence-corrected chi connectivity index (χ0v) is 12.6. The molecular formula is C14H14BrF2NO3. The number of carboxylic acids is 1. The normalized spacial score (nSPS) is 21.9. The van der Waals surface area contributed by atoms with Crippen LogP contribution in [0.2, 0.25) is 0 Å². The van der Waals surface area contributed by atoms with Crippen LogP contribution in [0.4, 0.5) is 14.5 Å². The van der Waals surface area contributed by atoms with E-state index >= 15 is 0 Å². The quantitative estimate of drug-likeness (QED) is 0.864. The number of rotatable bonds is 3. The Hall–Kier alpha value is -1.50. The van der Waals surface area contributed by atoms with Crippen molar-refractivity contribution in [2.45, 2.75) is 25.7 Å². The number of carbonyl (C=O) groups is 2. The molecule has 0 aromatic heterocycles. The third-order valence-corrected chi connectivity index (χ3v) is 4.27. The van der Waals surface area contributed by atoms with Crippen LogP contribution in [0.15, 0.2) is 16.6 Å². The largest absolute Gasteiger partial charge is 0.481 e. The zero-order valence-electron chi connectivity index (χ0n) is 11.0. The second-order valence-corrected chi connectivity index (χ2v) is 5.99. The maximum Gasteiger partial charge on any atom is 0.306 e. The molecule has 0 heterocycles. The number of amides is 1. The summed E-state index contributed by atoms with van der Waals surface area (Å²) in [5, 5.41) is 11.4. The van der Waals surface area contributed by atoms with E-state index in [-0.39, 0.29) is 16.6 Å². The van der Waals surface area contributed by atoms with Crippen molar-refractivity contribution in [3.05, 3.63) is 28.2 Å². The average Bonchev–Trinajstić information content (AvgIpc) is 2.42. The summed E-state index contributed by atoms with van der Waals surface area (Å²) >= 11 is 3.00. The molecule has 1 amide bonds. The molecule has 1 aromatic rings. The van der Waals surface area contributed by atoms with Gasteiger partial charge in [-0.05, 0) is 41.3 Å². The maximum atomic E-state index is 13.7. The average molecular weight is 362 g/mol. The predicted octanol–water partition coefficient (Wildman–Crippen LogP) is 3.56. The van der Waals surface area contributed by atoms with Gasteiger partial charge in [-0.3, -0.25) is 9.59 Å². The molecule has 2 unspecified atom stereocenters. The van der Waals surface area contributed by atoms with Crippen molar-refractivity contribution < 1.29 is 23.5 Å². The molecule has 0 saturated heterocycles. The fourth-order valence-electron chi connectivity index (χ4n) is 2.54. The first-order valence-electron chi connectivity index (χ1n) is 6.56. The molecule has 2 N–H and O–H groups in total. The van der Waals surface area contributed by atoms with Crippen LogP contribution in [0.25, 0.3) is 0 Å². The minimum absolute atomic E-state index is 0.110. The van der Waals surface area contributed by atoms with Gasteiger partial charge in [0.05, 0.1) is 11.6 Å². The minimum atomic E-state index is -0.915. The number of carbonyl (C=O) groups excluding carboxylic acids is 1. The summed E-state index contributed by atoms with van der Waals surface area (Å²) in [5.41, 5.74) is -0.126. The lowest BCUT2D eigenvalue weighted by atomic mass is 9.81. The zero-order chi connectivity index (χ0) is 15.6. The van der Waals surface area contributed by atoms with Crippen molar-refractivity contribution in [2.75, 3.05) is 5.32 Å². The highest BCUT2D eigenvalue weighted by molar-refractivity contribution is 9.10. The Kier molecular flexibility index (Phi) is 4.92. The summed E-state index contributed by atoms with van der Waals surface area (Å²) in [7, 11) is 0. The molecule has 21 heavy (non-hydrogen) atoms. The van der Waals surface area contributed by atoms with Gasteiger partial charge in [-0.1, -0.05) is 6.42 Å². The first kappa shape index (κ1) is 15.9. The molecule has 1 aromatic carbocycles. The SMILES string of the molecule is O=C(O)C1CCCC(C(=O)Nc2c(F)cc(F)cc2Br)C1. The monoisotopic (exact) mass is 361 g/mol. The van der Waals surface area contributed by atoms with E-state index in [2.05, 4.69) is 21.2 Å². The molecule has 7 heteroatoms. The smallest absolute Gasteiger partial charge is 0.306 e. The van der Waals surface area contributed by atoms with Gasteiger partial charge in [0.2, 0.25) is 5.91 Å². The van der Waals surface area contributed by atoms with Crippen LogP contribution in [0.5, 0.6) is 0 Å². The summed E-state index contributed by atoms with van der Waals surface area (Å²) in [4.78, 5) is 23.1. The van der Waals surface area contributed by atoms with E-state index in [0.717, 1.165) is 6.07 Å². The van der Waals surface area contributed by atoms with Crippen molar-refractivity contribution in [3.63, 3.8) is 0 Å². The van der Waals surface area contributed by atoms with E-state index in [1.165, 1.54) is 0 Å². The minimum Gasteiger partial charge on any atom is -0.481 e. The molecule has 1 aliphatic carbocycles. The van der Waals surface area contributed by atoms with Gasteiger partial charge < -0.3 is 10.4 Å². The van der Waals surface area contributed by atoms with Gasteiger partial charge in [-0.25, -0.2) is 8.78 Å². The van der Waals surface area contributed by atoms with E-state index in [1.54, 1.807) is 0 Å². The van der Waals surface area contributed by atoms with Gasteiger partial charge in [0.15, 0.2) is 5.82 Å². The number of hydrogen-bond donors (Lipinski definition) is 2. The second-order valence-electron chi connectivity index (χ2n) is 5.13. The lowest BCUT2D eigenvalue weighted by molar-refractivity contribution is -0.143. The molecule has 1 fully saturated rings. The van der Waals surface area contributed by atoms with Gasteiger partial charge in [0.25, 0.3) is 0 Å². The number of halogens is 3. The fourth-order valence-corrected chi connectivity index (χ4v) is 3.05. The standard InChI is InChI=1S/C14H14BrF2NO3/c15-10-5-9(16)6-11(17)12(10)18-13(19)7-2-1-3-8(4-7)14(20)21/h5-8H,1-4H2,(H,18,19)(H,20,21). The number of nitrogens with one attached hydrogen (secondary N) is 1. The molecule has 2 atom stereocenters. The molecule has 114 valence electrons. The van der Waals surface area contributed by atoms with Crippen LogP contribution in [0.3, 0.4) is 0 Å². The Bertz CT molecular complexity index is 556. The Balaban J connectivity index is 2.10. The van der Waals surface area contributed by atoms with Crippen LogP contribution in [-0.2, 0) is 9.59 Å². The molecular weight excluding hydrogens is 348 g/mol. The predicted molar refractivity (Wildman–Crippen MR) is 75.8 cm³/mol. The van der Waals surface area contributed by atoms with Crippen LogP contribution < -0.4 is 5.32 Å². The Morgan fingerprint density at radius 1 is 1.24 bits per heavy atom. The van der Waals surface area contributed by atoms with Crippen molar-refractivity contribution in [1.29, 1.82) is 0 Å². The number of carboxylic acid groups (broad SMARTS) is 1. The topological polar surface area (TPSA) is 66.4 Å². The third-order valence-electron chi connectivity index (χ3n) is 3.65. The second kappa shape index (κ2) is 6.51. The molecule has 0 aliphatic heterocycles. The lowest BCUT2D eigenvalue weighted by Gasteiger charge is -2.25. The molecule has 0 radical (unpaired) electrons. The van der Waals surface area contributed by atoms with Crippen molar-refractivity contribution in [2.24, 2.45) is 11.8 Å². The van der Waals surface area contributed by atoms with Crippen molar-refractivity contribution >= 4 is 33.5 Å². The van der Waals surface area contributed by atoms with E-state index in [1.807, 2.05) is 0 Å². The highest BCUT2D eigenvalue weighted by atomic mass is 79.9. The maximum absolute atomic E-state index is 13.7. The van der Waals surface area contributed by atoms with E-state index in [9.17, 15) is 18.4 Å².